The molecule has 164 valence electrons. The van der Waals surface area contributed by atoms with Crippen LogP contribution in [0.4, 0.5) is 0 Å². The average molecular weight is 440 g/mol. The van der Waals surface area contributed by atoms with E-state index in [-0.39, 0.29) is 5.91 Å². The number of carbonyl (C=O) groups is 1. The molecule has 3 aromatic rings. The lowest BCUT2D eigenvalue weighted by atomic mass is 10.2. The van der Waals surface area contributed by atoms with Crippen LogP contribution in [0.2, 0.25) is 0 Å². The minimum atomic E-state index is -0.0977. The van der Waals surface area contributed by atoms with E-state index in [9.17, 15) is 4.79 Å². The van der Waals surface area contributed by atoms with Gasteiger partial charge in [-0.25, -0.2) is 4.98 Å². The maximum Gasteiger partial charge on any atom is 0.253 e. The maximum atomic E-state index is 12.6. The molecule has 2 heterocycles. The number of amides is 1. The third-order valence-electron chi connectivity index (χ3n) is 4.80. The molecule has 0 aliphatic rings. The maximum absolute atomic E-state index is 12.6. The standard InChI is InChI=1S/C24H29N3O3S/c1-6-11-25-24(28)20-12-22(27(17(20)4)13-16(2)3)21-15-31-23(26-21)14-30-19-9-7-18(29-5)8-10-19/h6-10,12,15-16H,1,11,13-14H2,2-5H3,(H,25,28). The van der Waals surface area contributed by atoms with Gasteiger partial charge >= 0.3 is 0 Å². The summed E-state index contributed by atoms with van der Waals surface area (Å²) in [7, 11) is 1.64. The van der Waals surface area contributed by atoms with E-state index in [1.165, 1.54) is 0 Å². The quantitative estimate of drug-likeness (QED) is 0.448. The number of benzene rings is 1. The Morgan fingerprint density at radius 1 is 1.29 bits per heavy atom. The van der Waals surface area contributed by atoms with Gasteiger partial charge in [0.05, 0.1) is 24.1 Å². The molecule has 0 saturated carbocycles. The van der Waals surface area contributed by atoms with Crippen molar-refractivity contribution in [2.24, 2.45) is 5.92 Å². The van der Waals surface area contributed by atoms with Crippen molar-refractivity contribution in [3.63, 3.8) is 0 Å². The highest BCUT2D eigenvalue weighted by atomic mass is 32.1. The fraction of sp³-hybridized carbons (Fsp3) is 0.333. The van der Waals surface area contributed by atoms with Crippen LogP contribution in [0.3, 0.4) is 0 Å². The van der Waals surface area contributed by atoms with Gasteiger partial charge in [-0.2, -0.15) is 0 Å². The van der Waals surface area contributed by atoms with Crippen molar-refractivity contribution in [2.45, 2.75) is 33.9 Å². The molecule has 2 aromatic heterocycles. The molecule has 0 radical (unpaired) electrons. The Balaban J connectivity index is 1.81. The smallest absolute Gasteiger partial charge is 0.253 e. The lowest BCUT2D eigenvalue weighted by Crippen LogP contribution is -2.23. The predicted octanol–water partition coefficient (Wildman–Crippen LogP) is 5.08. The summed E-state index contributed by atoms with van der Waals surface area (Å²) < 4.78 is 13.2. The van der Waals surface area contributed by atoms with Crippen LogP contribution in [-0.2, 0) is 13.2 Å². The Kier molecular flexibility index (Phi) is 7.52. The largest absolute Gasteiger partial charge is 0.497 e. The van der Waals surface area contributed by atoms with E-state index in [4.69, 9.17) is 14.5 Å². The van der Waals surface area contributed by atoms with Gasteiger partial charge in [-0.15, -0.1) is 17.9 Å². The van der Waals surface area contributed by atoms with E-state index in [1.54, 1.807) is 24.5 Å². The number of aromatic nitrogens is 2. The van der Waals surface area contributed by atoms with Gasteiger partial charge in [0.15, 0.2) is 0 Å². The van der Waals surface area contributed by atoms with Crippen molar-refractivity contribution in [1.82, 2.24) is 14.9 Å². The number of thiazole rings is 1. The van der Waals surface area contributed by atoms with Gasteiger partial charge in [-0.3, -0.25) is 4.79 Å². The van der Waals surface area contributed by atoms with Gasteiger partial charge in [-0.05, 0) is 43.2 Å². The Labute approximate surface area is 187 Å². The van der Waals surface area contributed by atoms with E-state index < -0.39 is 0 Å². The van der Waals surface area contributed by atoms with Crippen LogP contribution in [0.1, 0.15) is 34.9 Å². The third-order valence-corrected chi connectivity index (χ3v) is 5.62. The summed E-state index contributed by atoms with van der Waals surface area (Å²) in [6, 6.07) is 9.41. The first kappa shape index (κ1) is 22.6. The molecule has 0 spiro atoms. The summed E-state index contributed by atoms with van der Waals surface area (Å²) >= 11 is 1.55. The molecular formula is C24H29N3O3S. The summed E-state index contributed by atoms with van der Waals surface area (Å²) in [4.78, 5) is 17.4. The zero-order valence-electron chi connectivity index (χ0n) is 18.5. The first-order valence-corrected chi connectivity index (χ1v) is 11.1. The number of nitrogens with one attached hydrogen (secondary N) is 1. The van der Waals surface area contributed by atoms with Crippen LogP contribution < -0.4 is 14.8 Å². The summed E-state index contributed by atoms with van der Waals surface area (Å²) in [6.07, 6.45) is 1.68. The summed E-state index contributed by atoms with van der Waals surface area (Å²) in [5, 5.41) is 5.76. The number of carbonyl (C=O) groups excluding carboxylic acids is 1. The van der Waals surface area contributed by atoms with Gasteiger partial charge in [0, 0.05) is 24.2 Å². The normalized spacial score (nSPS) is 10.9. The molecule has 1 aromatic carbocycles. The van der Waals surface area contributed by atoms with Crippen molar-refractivity contribution in [2.75, 3.05) is 13.7 Å². The van der Waals surface area contributed by atoms with Crippen molar-refractivity contribution in [3.8, 4) is 22.9 Å². The molecule has 6 nitrogen and oxygen atoms in total. The molecule has 0 fully saturated rings. The molecule has 3 rings (SSSR count). The molecule has 0 atom stereocenters. The molecular weight excluding hydrogens is 410 g/mol. The van der Waals surface area contributed by atoms with E-state index in [1.807, 2.05) is 42.6 Å². The number of methoxy groups -OCH3 is 1. The number of hydrogen-bond acceptors (Lipinski definition) is 5. The lowest BCUT2D eigenvalue weighted by molar-refractivity contribution is 0.0957. The zero-order chi connectivity index (χ0) is 22.4. The number of nitrogens with zero attached hydrogens (tertiary/aromatic N) is 2. The number of ether oxygens (including phenoxy) is 2. The topological polar surface area (TPSA) is 65.4 Å². The van der Waals surface area contributed by atoms with E-state index in [0.29, 0.717) is 24.6 Å². The molecule has 0 aliphatic carbocycles. The Morgan fingerprint density at radius 2 is 2.00 bits per heavy atom. The molecule has 0 aliphatic heterocycles. The molecule has 7 heteroatoms. The van der Waals surface area contributed by atoms with Crippen molar-refractivity contribution < 1.29 is 14.3 Å². The molecule has 1 amide bonds. The average Bonchev–Trinajstić information content (AvgIpc) is 3.35. The van der Waals surface area contributed by atoms with Gasteiger partial charge in [-0.1, -0.05) is 19.9 Å². The third kappa shape index (κ3) is 5.55. The first-order chi connectivity index (χ1) is 14.9. The first-order valence-electron chi connectivity index (χ1n) is 10.2. The van der Waals surface area contributed by atoms with Crippen LogP contribution in [0.15, 0.2) is 48.4 Å². The van der Waals surface area contributed by atoms with Crippen LogP contribution in [0.5, 0.6) is 11.5 Å². The molecule has 31 heavy (non-hydrogen) atoms. The highest BCUT2D eigenvalue weighted by molar-refractivity contribution is 7.09. The predicted molar refractivity (Wildman–Crippen MR) is 125 cm³/mol. The second-order valence-corrected chi connectivity index (χ2v) is 8.57. The van der Waals surface area contributed by atoms with E-state index in [0.717, 1.165) is 40.1 Å². The minimum absolute atomic E-state index is 0.0977. The second-order valence-electron chi connectivity index (χ2n) is 7.62. The van der Waals surface area contributed by atoms with Crippen LogP contribution in [0.25, 0.3) is 11.4 Å². The van der Waals surface area contributed by atoms with E-state index >= 15 is 0 Å². The Hall–Kier alpha value is -3.06. The highest BCUT2D eigenvalue weighted by Gasteiger charge is 2.20. The summed E-state index contributed by atoms with van der Waals surface area (Å²) in [5.41, 5.74) is 3.41. The highest BCUT2D eigenvalue weighted by Crippen LogP contribution is 2.29. The zero-order valence-corrected chi connectivity index (χ0v) is 19.3. The minimum Gasteiger partial charge on any atom is -0.497 e. The number of hydrogen-bond donors (Lipinski definition) is 1. The lowest BCUT2D eigenvalue weighted by Gasteiger charge is -2.13. The van der Waals surface area contributed by atoms with Crippen molar-refractivity contribution >= 4 is 17.2 Å². The summed E-state index contributed by atoms with van der Waals surface area (Å²) in [6.45, 7) is 11.6. The fourth-order valence-corrected chi connectivity index (χ4v) is 3.96. The monoisotopic (exact) mass is 439 g/mol. The molecule has 0 bridgehead atoms. The Morgan fingerprint density at radius 3 is 2.65 bits per heavy atom. The van der Waals surface area contributed by atoms with Crippen LogP contribution >= 0.6 is 11.3 Å². The fourth-order valence-electron chi connectivity index (χ4n) is 3.26. The van der Waals surface area contributed by atoms with Crippen LogP contribution in [-0.4, -0.2) is 29.1 Å². The van der Waals surface area contributed by atoms with Gasteiger partial charge < -0.3 is 19.4 Å². The van der Waals surface area contributed by atoms with Crippen LogP contribution in [0, 0.1) is 12.8 Å². The van der Waals surface area contributed by atoms with Gasteiger partial charge in [0.25, 0.3) is 5.91 Å². The summed E-state index contributed by atoms with van der Waals surface area (Å²) in [5.74, 6) is 1.89. The molecule has 0 saturated heterocycles. The van der Waals surface area contributed by atoms with Crippen molar-refractivity contribution in [3.05, 3.63) is 64.6 Å². The molecule has 1 N–H and O–H groups in total. The number of rotatable bonds is 10. The van der Waals surface area contributed by atoms with Crippen molar-refractivity contribution in [1.29, 1.82) is 0 Å². The SMILES string of the molecule is C=CCNC(=O)c1cc(-c2csc(COc3ccc(OC)cc3)n2)n(CC(C)C)c1C. The van der Waals surface area contributed by atoms with E-state index in [2.05, 4.69) is 30.3 Å². The van der Waals surface area contributed by atoms with Gasteiger partial charge in [0.2, 0.25) is 0 Å². The second kappa shape index (κ2) is 10.3. The molecule has 0 unspecified atom stereocenters. The Bertz CT molecular complexity index is 1040. The van der Waals surface area contributed by atoms with Gasteiger partial charge in [0.1, 0.15) is 23.1 Å².